The van der Waals surface area contributed by atoms with Crippen molar-refractivity contribution in [2.24, 2.45) is 5.92 Å². The standard InChI is InChI=1S/C13H15NO4/c1-6-4-5-8-9(7(6)2)11(15)10(13(17)18)12(16)14(8)3/h4-5,10-11,15H,1-3H3,(H,17,18). The number of aryl methyl sites for hydroxylation is 1. The quantitative estimate of drug-likeness (QED) is 0.728. The summed E-state index contributed by atoms with van der Waals surface area (Å²) < 4.78 is 0. The Morgan fingerprint density at radius 1 is 1.33 bits per heavy atom. The first-order valence-corrected chi connectivity index (χ1v) is 5.64. The second kappa shape index (κ2) is 4.10. The molecule has 5 heteroatoms. The number of carbonyl (C=O) groups is 2. The number of amides is 1. The molecule has 1 aliphatic rings. The second-order valence-electron chi connectivity index (χ2n) is 4.60. The molecule has 1 aromatic carbocycles. The predicted octanol–water partition coefficient (Wildman–Crippen LogP) is 1.01. The van der Waals surface area contributed by atoms with E-state index in [1.807, 2.05) is 19.9 Å². The molecule has 96 valence electrons. The van der Waals surface area contributed by atoms with Crippen LogP contribution < -0.4 is 4.90 Å². The predicted molar refractivity (Wildman–Crippen MR) is 65.4 cm³/mol. The fourth-order valence-electron chi connectivity index (χ4n) is 2.36. The maximum Gasteiger partial charge on any atom is 0.319 e. The lowest BCUT2D eigenvalue weighted by Gasteiger charge is -2.34. The van der Waals surface area contributed by atoms with E-state index in [-0.39, 0.29) is 0 Å². The molecule has 2 N–H and O–H groups in total. The normalized spacial score (nSPS) is 22.9. The van der Waals surface area contributed by atoms with Crippen LogP contribution in [0.4, 0.5) is 5.69 Å². The van der Waals surface area contributed by atoms with Gasteiger partial charge < -0.3 is 15.1 Å². The molecule has 0 radical (unpaired) electrons. The number of aliphatic carboxylic acids is 1. The van der Waals surface area contributed by atoms with Crippen molar-refractivity contribution in [3.8, 4) is 0 Å². The lowest BCUT2D eigenvalue weighted by molar-refractivity contribution is -0.151. The van der Waals surface area contributed by atoms with Crippen LogP contribution in [-0.4, -0.2) is 29.1 Å². The molecule has 2 atom stereocenters. The molecule has 0 aromatic heterocycles. The van der Waals surface area contributed by atoms with Gasteiger partial charge in [-0.1, -0.05) is 6.07 Å². The highest BCUT2D eigenvalue weighted by Crippen LogP contribution is 2.40. The molecule has 0 saturated heterocycles. The van der Waals surface area contributed by atoms with E-state index in [9.17, 15) is 14.7 Å². The van der Waals surface area contributed by atoms with Crippen LogP contribution in [0.15, 0.2) is 12.1 Å². The van der Waals surface area contributed by atoms with Crippen LogP contribution in [0.1, 0.15) is 22.8 Å². The molecule has 0 saturated carbocycles. The van der Waals surface area contributed by atoms with E-state index in [0.29, 0.717) is 11.3 Å². The maximum atomic E-state index is 11.9. The molecule has 2 unspecified atom stereocenters. The number of carboxylic acids is 1. The van der Waals surface area contributed by atoms with Crippen LogP contribution in [0, 0.1) is 19.8 Å². The minimum Gasteiger partial charge on any atom is -0.481 e. The van der Waals surface area contributed by atoms with Crippen molar-refractivity contribution >= 4 is 17.6 Å². The molecule has 0 fully saturated rings. The van der Waals surface area contributed by atoms with E-state index in [2.05, 4.69) is 0 Å². The van der Waals surface area contributed by atoms with Crippen LogP contribution in [-0.2, 0) is 9.59 Å². The summed E-state index contributed by atoms with van der Waals surface area (Å²) in [7, 11) is 1.53. The van der Waals surface area contributed by atoms with E-state index < -0.39 is 23.9 Å². The number of benzene rings is 1. The molecule has 0 bridgehead atoms. The topological polar surface area (TPSA) is 77.8 Å². The number of anilines is 1. The summed E-state index contributed by atoms with van der Waals surface area (Å²) >= 11 is 0. The van der Waals surface area contributed by atoms with Gasteiger partial charge in [0.05, 0.1) is 0 Å². The SMILES string of the molecule is Cc1ccc2c(c1C)C(O)C(C(=O)O)C(=O)N2C. The van der Waals surface area contributed by atoms with Gasteiger partial charge in [0, 0.05) is 18.3 Å². The summed E-state index contributed by atoms with van der Waals surface area (Å²) in [6.45, 7) is 3.70. The van der Waals surface area contributed by atoms with Crippen molar-refractivity contribution in [1.29, 1.82) is 0 Å². The van der Waals surface area contributed by atoms with Crippen LogP contribution in [0.2, 0.25) is 0 Å². The van der Waals surface area contributed by atoms with Crippen molar-refractivity contribution in [2.45, 2.75) is 20.0 Å². The van der Waals surface area contributed by atoms with Gasteiger partial charge in [-0.2, -0.15) is 0 Å². The molecule has 0 aliphatic carbocycles. The summed E-state index contributed by atoms with van der Waals surface area (Å²) in [6.07, 6.45) is -1.29. The van der Waals surface area contributed by atoms with Gasteiger partial charge in [0.25, 0.3) is 0 Å². The van der Waals surface area contributed by atoms with E-state index >= 15 is 0 Å². The molecule has 1 aliphatic heterocycles. The van der Waals surface area contributed by atoms with Crippen LogP contribution in [0.5, 0.6) is 0 Å². The number of nitrogens with zero attached hydrogens (tertiary/aromatic N) is 1. The van der Waals surface area contributed by atoms with Crippen molar-refractivity contribution in [3.63, 3.8) is 0 Å². The average molecular weight is 249 g/mol. The van der Waals surface area contributed by atoms with E-state index in [0.717, 1.165) is 11.1 Å². The number of aliphatic hydroxyl groups excluding tert-OH is 1. The molecular weight excluding hydrogens is 234 g/mol. The number of hydrogen-bond donors (Lipinski definition) is 2. The Morgan fingerprint density at radius 2 is 1.94 bits per heavy atom. The van der Waals surface area contributed by atoms with Crippen molar-refractivity contribution in [2.75, 3.05) is 11.9 Å². The largest absolute Gasteiger partial charge is 0.481 e. The zero-order valence-electron chi connectivity index (χ0n) is 10.5. The van der Waals surface area contributed by atoms with E-state index in [1.165, 1.54) is 11.9 Å². The summed E-state index contributed by atoms with van der Waals surface area (Å²) in [5, 5.41) is 19.2. The van der Waals surface area contributed by atoms with Gasteiger partial charge in [-0.25, -0.2) is 0 Å². The van der Waals surface area contributed by atoms with Gasteiger partial charge in [0.1, 0.15) is 6.10 Å². The molecule has 18 heavy (non-hydrogen) atoms. The summed E-state index contributed by atoms with van der Waals surface area (Å²) in [4.78, 5) is 24.3. The molecule has 0 spiro atoms. The average Bonchev–Trinajstić information content (AvgIpc) is 2.29. The van der Waals surface area contributed by atoms with Crippen LogP contribution in [0.3, 0.4) is 0 Å². The Kier molecular flexibility index (Phi) is 2.86. The van der Waals surface area contributed by atoms with Crippen molar-refractivity contribution in [1.82, 2.24) is 0 Å². The number of hydrogen-bond acceptors (Lipinski definition) is 3. The highest BCUT2D eigenvalue weighted by atomic mass is 16.4. The van der Waals surface area contributed by atoms with E-state index in [4.69, 9.17) is 5.11 Å². The Morgan fingerprint density at radius 3 is 2.50 bits per heavy atom. The summed E-state index contributed by atoms with van der Waals surface area (Å²) in [5.41, 5.74) is 2.89. The first-order chi connectivity index (χ1) is 8.36. The molecule has 1 heterocycles. The highest BCUT2D eigenvalue weighted by Gasteiger charge is 2.43. The van der Waals surface area contributed by atoms with Crippen molar-refractivity contribution in [3.05, 3.63) is 28.8 Å². The molecule has 1 amide bonds. The number of carboxylic acid groups (broad SMARTS) is 1. The monoisotopic (exact) mass is 249 g/mol. The van der Waals surface area contributed by atoms with E-state index in [1.54, 1.807) is 6.07 Å². The first-order valence-electron chi connectivity index (χ1n) is 5.64. The Balaban J connectivity index is 2.68. The second-order valence-corrected chi connectivity index (χ2v) is 4.60. The number of fused-ring (bicyclic) bond motifs is 1. The van der Waals surface area contributed by atoms with Gasteiger partial charge in [0.15, 0.2) is 5.92 Å². The van der Waals surface area contributed by atoms with Crippen LogP contribution >= 0.6 is 0 Å². The molecule has 5 nitrogen and oxygen atoms in total. The Bertz CT molecular complexity index is 538. The van der Waals surface area contributed by atoms with Gasteiger partial charge in [-0.05, 0) is 31.0 Å². The minimum atomic E-state index is -1.43. The first kappa shape index (κ1) is 12.6. The fraction of sp³-hybridized carbons (Fsp3) is 0.385. The molecule has 2 rings (SSSR count). The Labute approximate surface area is 105 Å². The number of carbonyl (C=O) groups excluding carboxylic acids is 1. The smallest absolute Gasteiger partial charge is 0.319 e. The van der Waals surface area contributed by atoms with Crippen LogP contribution in [0.25, 0.3) is 0 Å². The molecule has 1 aromatic rings. The van der Waals surface area contributed by atoms with Gasteiger partial charge >= 0.3 is 5.97 Å². The Hall–Kier alpha value is -1.88. The molecular formula is C13H15NO4. The maximum absolute atomic E-state index is 11.9. The van der Waals surface area contributed by atoms with Gasteiger partial charge in [0.2, 0.25) is 5.91 Å². The van der Waals surface area contributed by atoms with Gasteiger partial charge in [-0.15, -0.1) is 0 Å². The van der Waals surface area contributed by atoms with Crippen molar-refractivity contribution < 1.29 is 19.8 Å². The fourth-order valence-corrected chi connectivity index (χ4v) is 2.36. The lowest BCUT2D eigenvalue weighted by Crippen LogP contribution is -2.45. The third-order valence-corrected chi connectivity index (χ3v) is 3.60. The number of aliphatic hydroxyl groups is 1. The lowest BCUT2D eigenvalue weighted by atomic mass is 9.85. The zero-order chi connectivity index (χ0) is 13.6. The summed E-state index contributed by atoms with van der Waals surface area (Å²) in [6, 6.07) is 3.59. The number of rotatable bonds is 1. The minimum absolute atomic E-state index is 0.532. The zero-order valence-corrected chi connectivity index (χ0v) is 10.5. The summed E-state index contributed by atoms with van der Waals surface area (Å²) in [5.74, 6) is -3.32. The third kappa shape index (κ3) is 1.59. The third-order valence-electron chi connectivity index (χ3n) is 3.60. The van der Waals surface area contributed by atoms with Gasteiger partial charge in [-0.3, -0.25) is 9.59 Å². The highest BCUT2D eigenvalue weighted by molar-refractivity contribution is 6.08.